The average Bonchev–Trinajstić information content (AvgIpc) is 2.20. The first-order valence-corrected chi connectivity index (χ1v) is 5.99. The van der Waals surface area contributed by atoms with E-state index in [9.17, 15) is 4.79 Å². The van der Waals surface area contributed by atoms with Crippen LogP contribution in [0.5, 0.6) is 0 Å². The van der Waals surface area contributed by atoms with Gasteiger partial charge in [0.1, 0.15) is 0 Å². The van der Waals surface area contributed by atoms with Crippen LogP contribution in [0.1, 0.15) is 33.6 Å². The summed E-state index contributed by atoms with van der Waals surface area (Å²) in [6.45, 7) is 8.21. The molecule has 0 rings (SSSR count). The maximum Gasteiger partial charge on any atom is 0.222 e. The van der Waals surface area contributed by atoms with Crippen LogP contribution >= 0.6 is 12.4 Å². The molecule has 0 aromatic heterocycles. The zero-order chi connectivity index (χ0) is 12.6. The Labute approximate surface area is 111 Å². The first-order valence-electron chi connectivity index (χ1n) is 5.99. The van der Waals surface area contributed by atoms with E-state index in [2.05, 4.69) is 13.8 Å². The molecule has 1 amide bonds. The van der Waals surface area contributed by atoms with E-state index in [1.807, 2.05) is 11.8 Å². The van der Waals surface area contributed by atoms with Crippen LogP contribution in [0, 0.1) is 5.92 Å². The van der Waals surface area contributed by atoms with Crippen molar-refractivity contribution in [2.45, 2.75) is 39.7 Å². The van der Waals surface area contributed by atoms with E-state index in [1.54, 1.807) is 7.11 Å². The van der Waals surface area contributed by atoms with E-state index in [4.69, 9.17) is 10.5 Å². The number of hydrogen-bond acceptors (Lipinski definition) is 3. The van der Waals surface area contributed by atoms with Gasteiger partial charge >= 0.3 is 0 Å². The summed E-state index contributed by atoms with van der Waals surface area (Å²) in [5.41, 5.74) is 5.65. The van der Waals surface area contributed by atoms with Gasteiger partial charge in [0.15, 0.2) is 0 Å². The Kier molecular flexibility index (Phi) is 12.1. The molecule has 104 valence electrons. The van der Waals surface area contributed by atoms with Gasteiger partial charge in [0, 0.05) is 32.7 Å². The summed E-state index contributed by atoms with van der Waals surface area (Å²) in [6.07, 6.45) is 1.29. The number of carbonyl (C=O) groups excluding carboxylic acids is 1. The van der Waals surface area contributed by atoms with Crippen molar-refractivity contribution in [3.05, 3.63) is 0 Å². The average molecular weight is 267 g/mol. The van der Waals surface area contributed by atoms with E-state index in [0.29, 0.717) is 25.5 Å². The zero-order valence-electron chi connectivity index (χ0n) is 11.4. The highest BCUT2D eigenvalue weighted by Crippen LogP contribution is 2.04. The van der Waals surface area contributed by atoms with Crippen molar-refractivity contribution in [2.75, 3.05) is 26.8 Å². The van der Waals surface area contributed by atoms with Gasteiger partial charge in [0.2, 0.25) is 5.91 Å². The summed E-state index contributed by atoms with van der Waals surface area (Å²) >= 11 is 0. The normalized spacial score (nSPS) is 12.1. The molecule has 0 saturated carbocycles. The lowest BCUT2D eigenvalue weighted by Gasteiger charge is -2.24. The van der Waals surface area contributed by atoms with Crippen LogP contribution in [0.3, 0.4) is 0 Å². The van der Waals surface area contributed by atoms with Gasteiger partial charge in [0.25, 0.3) is 0 Å². The summed E-state index contributed by atoms with van der Waals surface area (Å²) < 4.78 is 5.01. The van der Waals surface area contributed by atoms with Crippen LogP contribution in [0.4, 0.5) is 0 Å². The summed E-state index contributed by atoms with van der Waals surface area (Å²) in [7, 11) is 1.65. The van der Waals surface area contributed by atoms with Crippen LogP contribution < -0.4 is 5.73 Å². The molecule has 0 aromatic carbocycles. The van der Waals surface area contributed by atoms with Crippen molar-refractivity contribution in [2.24, 2.45) is 11.7 Å². The predicted octanol–water partition coefficient (Wildman–Crippen LogP) is 1.67. The Balaban J connectivity index is 0. The third kappa shape index (κ3) is 10.5. The Morgan fingerprint density at radius 3 is 2.35 bits per heavy atom. The molecule has 1 atom stereocenters. The van der Waals surface area contributed by atoms with Crippen LogP contribution in [-0.4, -0.2) is 43.7 Å². The molecule has 0 aliphatic carbocycles. The van der Waals surface area contributed by atoms with Crippen molar-refractivity contribution in [3.63, 3.8) is 0 Å². The third-order valence-corrected chi connectivity index (χ3v) is 2.32. The highest BCUT2D eigenvalue weighted by molar-refractivity contribution is 5.85. The lowest BCUT2D eigenvalue weighted by molar-refractivity contribution is -0.132. The molecule has 5 heteroatoms. The molecule has 0 fully saturated rings. The maximum atomic E-state index is 11.9. The Hall–Kier alpha value is -0.320. The molecule has 0 spiro atoms. The predicted molar refractivity (Wildman–Crippen MR) is 73.4 cm³/mol. The van der Waals surface area contributed by atoms with E-state index in [-0.39, 0.29) is 24.4 Å². The molecule has 0 aromatic rings. The zero-order valence-corrected chi connectivity index (χ0v) is 12.3. The summed E-state index contributed by atoms with van der Waals surface area (Å²) in [5, 5.41) is 0. The number of carbonyl (C=O) groups is 1. The van der Waals surface area contributed by atoms with Crippen molar-refractivity contribution < 1.29 is 9.53 Å². The lowest BCUT2D eigenvalue weighted by atomic mass is 10.1. The fourth-order valence-electron chi connectivity index (χ4n) is 1.47. The highest BCUT2D eigenvalue weighted by atomic mass is 35.5. The SMILES string of the molecule is COCCN(CC(C)C)C(=O)CCC(C)N.Cl. The first kappa shape index (κ1) is 19.0. The lowest BCUT2D eigenvalue weighted by Crippen LogP contribution is -2.37. The van der Waals surface area contributed by atoms with Crippen molar-refractivity contribution in [1.82, 2.24) is 4.90 Å². The number of halogens is 1. The summed E-state index contributed by atoms with van der Waals surface area (Å²) in [5.74, 6) is 0.666. The number of nitrogens with two attached hydrogens (primary N) is 1. The van der Waals surface area contributed by atoms with Gasteiger partial charge in [-0.3, -0.25) is 4.79 Å². The maximum absolute atomic E-state index is 11.9. The van der Waals surface area contributed by atoms with Crippen LogP contribution in [0.25, 0.3) is 0 Å². The Bertz CT molecular complexity index is 199. The van der Waals surface area contributed by atoms with Gasteiger partial charge in [-0.2, -0.15) is 0 Å². The van der Waals surface area contributed by atoms with E-state index in [0.717, 1.165) is 13.0 Å². The second-order valence-electron chi connectivity index (χ2n) is 4.74. The van der Waals surface area contributed by atoms with Crippen LogP contribution in [-0.2, 0) is 9.53 Å². The van der Waals surface area contributed by atoms with Gasteiger partial charge in [-0.25, -0.2) is 0 Å². The minimum Gasteiger partial charge on any atom is -0.383 e. The summed E-state index contributed by atoms with van der Waals surface area (Å²) in [4.78, 5) is 13.8. The number of methoxy groups -OCH3 is 1. The number of ether oxygens (including phenoxy) is 1. The molecular weight excluding hydrogens is 240 g/mol. The minimum atomic E-state index is 0. The molecule has 17 heavy (non-hydrogen) atoms. The second kappa shape index (κ2) is 10.8. The topological polar surface area (TPSA) is 55.6 Å². The number of nitrogens with zero attached hydrogens (tertiary/aromatic N) is 1. The van der Waals surface area contributed by atoms with Crippen molar-refractivity contribution >= 4 is 18.3 Å². The summed E-state index contributed by atoms with van der Waals surface area (Å²) in [6, 6.07) is 0.0901. The Morgan fingerprint density at radius 1 is 1.35 bits per heavy atom. The fourth-order valence-corrected chi connectivity index (χ4v) is 1.47. The fraction of sp³-hybridized carbons (Fsp3) is 0.917. The van der Waals surface area contributed by atoms with Crippen LogP contribution in [0.15, 0.2) is 0 Å². The van der Waals surface area contributed by atoms with E-state index < -0.39 is 0 Å². The first-order chi connectivity index (χ1) is 7.47. The van der Waals surface area contributed by atoms with Gasteiger partial charge in [-0.05, 0) is 19.3 Å². The number of hydrogen-bond donors (Lipinski definition) is 1. The monoisotopic (exact) mass is 266 g/mol. The van der Waals surface area contributed by atoms with Crippen molar-refractivity contribution in [3.8, 4) is 0 Å². The van der Waals surface area contributed by atoms with Crippen LogP contribution in [0.2, 0.25) is 0 Å². The highest BCUT2D eigenvalue weighted by Gasteiger charge is 2.14. The van der Waals surface area contributed by atoms with E-state index >= 15 is 0 Å². The van der Waals surface area contributed by atoms with Crippen molar-refractivity contribution in [1.29, 1.82) is 0 Å². The number of rotatable bonds is 8. The largest absolute Gasteiger partial charge is 0.383 e. The quantitative estimate of drug-likeness (QED) is 0.727. The van der Waals surface area contributed by atoms with E-state index in [1.165, 1.54) is 0 Å². The molecule has 0 bridgehead atoms. The smallest absolute Gasteiger partial charge is 0.222 e. The molecule has 0 aliphatic heterocycles. The third-order valence-electron chi connectivity index (χ3n) is 2.32. The second-order valence-corrected chi connectivity index (χ2v) is 4.74. The molecule has 4 nitrogen and oxygen atoms in total. The van der Waals surface area contributed by atoms with Gasteiger partial charge in [-0.15, -0.1) is 12.4 Å². The number of amides is 1. The van der Waals surface area contributed by atoms with Gasteiger partial charge < -0.3 is 15.4 Å². The molecule has 2 N–H and O–H groups in total. The minimum absolute atomic E-state index is 0. The molecule has 0 radical (unpaired) electrons. The standard InChI is InChI=1S/C12H26N2O2.ClH/c1-10(2)9-14(7-8-16-4)12(15)6-5-11(3)13;/h10-11H,5-9,13H2,1-4H3;1H. The molecule has 0 aliphatic rings. The Morgan fingerprint density at radius 2 is 1.94 bits per heavy atom. The molecule has 0 saturated heterocycles. The van der Waals surface area contributed by atoms with Gasteiger partial charge in [-0.1, -0.05) is 13.8 Å². The molecule has 1 unspecified atom stereocenters. The molecule has 0 heterocycles. The molecular formula is C12H27ClN2O2. The van der Waals surface area contributed by atoms with Gasteiger partial charge in [0.05, 0.1) is 6.61 Å².